The second-order valence-corrected chi connectivity index (χ2v) is 7.58. The van der Waals surface area contributed by atoms with Crippen molar-refractivity contribution in [2.24, 2.45) is 0 Å². The lowest BCUT2D eigenvalue weighted by Gasteiger charge is -2.14. The van der Waals surface area contributed by atoms with E-state index >= 15 is 0 Å². The first-order valence-electron chi connectivity index (χ1n) is 10.2. The van der Waals surface area contributed by atoms with E-state index in [0.29, 0.717) is 28.2 Å². The van der Waals surface area contributed by atoms with Crippen molar-refractivity contribution in [2.75, 3.05) is 19.5 Å². The van der Waals surface area contributed by atoms with Crippen LogP contribution in [-0.4, -0.2) is 30.2 Å². The van der Waals surface area contributed by atoms with Crippen molar-refractivity contribution in [2.45, 2.75) is 0 Å². The fourth-order valence-corrected chi connectivity index (χ4v) is 3.50. The number of halogens is 2. The van der Waals surface area contributed by atoms with Gasteiger partial charge in [-0.05, 0) is 48.6 Å². The first-order valence-corrected chi connectivity index (χ1v) is 10.7. The Labute approximate surface area is 204 Å². The summed E-state index contributed by atoms with van der Waals surface area (Å²) in [5, 5.41) is 5.53. The molecule has 0 aliphatic carbocycles. The Bertz CT molecular complexity index is 1430. The molecular formula is C25H19F2N3O4S. The van der Waals surface area contributed by atoms with Gasteiger partial charge in [0.1, 0.15) is 11.6 Å². The van der Waals surface area contributed by atoms with E-state index in [2.05, 4.69) is 15.6 Å². The van der Waals surface area contributed by atoms with Crippen LogP contribution in [0.15, 0.2) is 66.9 Å². The average Bonchev–Trinajstić information content (AvgIpc) is 2.85. The van der Waals surface area contributed by atoms with E-state index in [1.54, 1.807) is 18.2 Å². The van der Waals surface area contributed by atoms with Crippen LogP contribution < -0.4 is 24.8 Å². The molecule has 0 atom stereocenters. The molecule has 1 amide bonds. The standard InChI is InChI=1S/C25H19F2N3O4S/c1-32-22-12-16-19(13-23(22)33-2)28-10-9-20(16)34-21-8-7-14(11-18(21)27)29-25(35)30-24(31)15-5-3-4-6-17(15)26/h3-13H,1-2H3,(H2,29,30,31,35). The van der Waals surface area contributed by atoms with E-state index in [9.17, 15) is 13.6 Å². The van der Waals surface area contributed by atoms with Gasteiger partial charge in [-0.25, -0.2) is 8.78 Å². The maximum Gasteiger partial charge on any atom is 0.260 e. The van der Waals surface area contributed by atoms with E-state index in [1.165, 1.54) is 50.7 Å². The zero-order chi connectivity index (χ0) is 24.9. The van der Waals surface area contributed by atoms with Crippen molar-refractivity contribution in [3.8, 4) is 23.0 Å². The second-order valence-electron chi connectivity index (χ2n) is 7.17. The van der Waals surface area contributed by atoms with Gasteiger partial charge in [0, 0.05) is 29.4 Å². The van der Waals surface area contributed by atoms with Gasteiger partial charge in [-0.15, -0.1) is 0 Å². The van der Waals surface area contributed by atoms with Gasteiger partial charge in [-0.1, -0.05) is 12.1 Å². The number of anilines is 1. The molecule has 35 heavy (non-hydrogen) atoms. The molecule has 0 saturated carbocycles. The SMILES string of the molecule is COc1cc2nccc(Oc3ccc(NC(=S)NC(=O)c4ccccc4F)cc3F)c2cc1OC. The summed E-state index contributed by atoms with van der Waals surface area (Å²) in [5.41, 5.74) is 0.680. The van der Waals surface area contributed by atoms with Gasteiger partial charge in [0.25, 0.3) is 5.91 Å². The van der Waals surface area contributed by atoms with Gasteiger partial charge < -0.3 is 19.5 Å². The minimum absolute atomic E-state index is 0.0425. The molecular weight excluding hydrogens is 476 g/mol. The van der Waals surface area contributed by atoms with Crippen LogP contribution in [0.5, 0.6) is 23.0 Å². The number of methoxy groups -OCH3 is 2. The molecule has 0 radical (unpaired) electrons. The van der Waals surface area contributed by atoms with Crippen LogP contribution in [0.3, 0.4) is 0 Å². The number of rotatable bonds is 6. The highest BCUT2D eigenvalue weighted by atomic mass is 32.1. The molecule has 3 aromatic carbocycles. The Kier molecular flexibility index (Phi) is 7.02. The van der Waals surface area contributed by atoms with Crippen molar-refractivity contribution < 1.29 is 27.8 Å². The number of benzene rings is 3. The number of amides is 1. The van der Waals surface area contributed by atoms with E-state index in [-0.39, 0.29) is 22.1 Å². The van der Waals surface area contributed by atoms with Crippen molar-refractivity contribution in [1.29, 1.82) is 0 Å². The highest BCUT2D eigenvalue weighted by molar-refractivity contribution is 7.80. The van der Waals surface area contributed by atoms with Gasteiger partial charge in [0.2, 0.25) is 0 Å². The van der Waals surface area contributed by atoms with Crippen LogP contribution in [0.1, 0.15) is 10.4 Å². The minimum Gasteiger partial charge on any atom is -0.493 e. The lowest BCUT2D eigenvalue weighted by molar-refractivity contribution is 0.0974. The van der Waals surface area contributed by atoms with Crippen molar-refractivity contribution in [1.82, 2.24) is 10.3 Å². The number of aromatic nitrogens is 1. The molecule has 1 heterocycles. The van der Waals surface area contributed by atoms with Crippen LogP contribution in [-0.2, 0) is 0 Å². The number of nitrogens with zero attached hydrogens (tertiary/aromatic N) is 1. The number of pyridine rings is 1. The Morgan fingerprint density at radius 3 is 2.34 bits per heavy atom. The van der Waals surface area contributed by atoms with Gasteiger partial charge in [-0.2, -0.15) is 0 Å². The summed E-state index contributed by atoms with van der Waals surface area (Å²) in [5.74, 6) is -0.781. The number of hydrogen-bond acceptors (Lipinski definition) is 6. The molecule has 0 saturated heterocycles. The number of fused-ring (bicyclic) bond motifs is 1. The van der Waals surface area contributed by atoms with Gasteiger partial charge in [-0.3, -0.25) is 15.1 Å². The van der Waals surface area contributed by atoms with E-state index in [0.717, 1.165) is 12.1 Å². The predicted octanol–water partition coefficient (Wildman–Crippen LogP) is 5.45. The molecule has 2 N–H and O–H groups in total. The molecule has 0 spiro atoms. The number of hydrogen-bond donors (Lipinski definition) is 2. The summed E-state index contributed by atoms with van der Waals surface area (Å²) in [4.78, 5) is 16.5. The predicted molar refractivity (Wildman–Crippen MR) is 131 cm³/mol. The van der Waals surface area contributed by atoms with Crippen LogP contribution in [0.2, 0.25) is 0 Å². The summed E-state index contributed by atoms with van der Waals surface area (Å²) in [7, 11) is 3.03. The van der Waals surface area contributed by atoms with E-state index in [1.807, 2.05) is 0 Å². The van der Waals surface area contributed by atoms with Gasteiger partial charge in [0.05, 0.1) is 25.3 Å². The third-order valence-electron chi connectivity index (χ3n) is 4.96. The summed E-state index contributed by atoms with van der Waals surface area (Å²) >= 11 is 5.09. The first kappa shape index (κ1) is 23.8. The van der Waals surface area contributed by atoms with Crippen LogP contribution in [0, 0.1) is 11.6 Å². The largest absolute Gasteiger partial charge is 0.493 e. The number of nitrogens with one attached hydrogen (secondary N) is 2. The normalized spacial score (nSPS) is 10.5. The smallest absolute Gasteiger partial charge is 0.260 e. The maximum absolute atomic E-state index is 14.8. The highest BCUT2D eigenvalue weighted by Gasteiger charge is 2.15. The van der Waals surface area contributed by atoms with Crippen LogP contribution in [0.25, 0.3) is 10.9 Å². The summed E-state index contributed by atoms with van der Waals surface area (Å²) < 4.78 is 45.0. The molecule has 0 unspecified atom stereocenters. The molecule has 10 heteroatoms. The monoisotopic (exact) mass is 495 g/mol. The minimum atomic E-state index is -0.724. The first-order chi connectivity index (χ1) is 16.9. The lowest BCUT2D eigenvalue weighted by Crippen LogP contribution is -2.34. The molecule has 7 nitrogen and oxygen atoms in total. The summed E-state index contributed by atoms with van der Waals surface area (Å²) in [6, 6.07) is 14.6. The topological polar surface area (TPSA) is 81.7 Å². The van der Waals surface area contributed by atoms with Gasteiger partial charge in [0.15, 0.2) is 28.2 Å². The van der Waals surface area contributed by atoms with Crippen molar-refractivity contribution >= 4 is 39.8 Å². The molecule has 4 aromatic rings. The molecule has 1 aromatic heterocycles. The zero-order valence-electron chi connectivity index (χ0n) is 18.6. The third kappa shape index (κ3) is 5.28. The molecule has 0 aliphatic rings. The molecule has 4 rings (SSSR count). The Morgan fingerprint density at radius 1 is 0.886 bits per heavy atom. The van der Waals surface area contributed by atoms with Crippen LogP contribution in [0.4, 0.5) is 14.5 Å². The van der Waals surface area contributed by atoms with E-state index < -0.39 is 17.5 Å². The quantitative estimate of drug-likeness (QED) is 0.344. The molecule has 0 aliphatic heterocycles. The zero-order valence-corrected chi connectivity index (χ0v) is 19.4. The Morgan fingerprint density at radius 2 is 1.63 bits per heavy atom. The number of carbonyl (C=O) groups excluding carboxylic acids is 1. The second kappa shape index (κ2) is 10.3. The van der Waals surface area contributed by atoms with E-state index in [4.69, 9.17) is 26.4 Å². The summed E-state index contributed by atoms with van der Waals surface area (Å²) in [6.07, 6.45) is 1.54. The third-order valence-corrected chi connectivity index (χ3v) is 5.17. The molecule has 178 valence electrons. The average molecular weight is 496 g/mol. The lowest BCUT2D eigenvalue weighted by atomic mass is 10.2. The highest BCUT2D eigenvalue weighted by Crippen LogP contribution is 2.37. The fourth-order valence-electron chi connectivity index (χ4n) is 3.29. The van der Waals surface area contributed by atoms with Crippen molar-refractivity contribution in [3.05, 3.63) is 84.1 Å². The van der Waals surface area contributed by atoms with Crippen molar-refractivity contribution in [3.63, 3.8) is 0 Å². The molecule has 0 bridgehead atoms. The Balaban J connectivity index is 1.50. The number of carbonyl (C=O) groups is 1. The fraction of sp³-hybridized carbons (Fsp3) is 0.0800. The van der Waals surface area contributed by atoms with Gasteiger partial charge >= 0.3 is 0 Å². The molecule has 0 fully saturated rings. The van der Waals surface area contributed by atoms with Crippen LogP contribution >= 0.6 is 12.2 Å². The number of thiocarbonyl (C=S) groups is 1. The maximum atomic E-state index is 14.8. The Hall–Kier alpha value is -4.31. The number of ether oxygens (including phenoxy) is 3. The summed E-state index contributed by atoms with van der Waals surface area (Å²) in [6.45, 7) is 0.